The molecular formula is C17H26N2S. The van der Waals surface area contributed by atoms with E-state index < -0.39 is 5.54 Å². The highest BCUT2D eigenvalue weighted by molar-refractivity contribution is 8.00. The van der Waals surface area contributed by atoms with Crippen LogP contribution in [0.3, 0.4) is 0 Å². The zero-order valence-corrected chi connectivity index (χ0v) is 14.1. The molecule has 20 heavy (non-hydrogen) atoms. The minimum absolute atomic E-state index is 0.407. The molecule has 0 saturated carbocycles. The predicted octanol–water partition coefficient (Wildman–Crippen LogP) is 4.46. The molecule has 0 aliphatic rings. The molecule has 0 fully saturated rings. The molecule has 1 aromatic rings. The third-order valence-electron chi connectivity index (χ3n) is 3.38. The summed E-state index contributed by atoms with van der Waals surface area (Å²) in [5.41, 5.74) is 2.17. The Labute approximate surface area is 128 Å². The van der Waals surface area contributed by atoms with E-state index in [9.17, 15) is 5.26 Å². The maximum Gasteiger partial charge on any atom is 0.104 e. The van der Waals surface area contributed by atoms with Crippen LogP contribution in [0, 0.1) is 25.2 Å². The van der Waals surface area contributed by atoms with Crippen molar-refractivity contribution in [2.24, 2.45) is 0 Å². The molecule has 2 atom stereocenters. The second kappa shape index (κ2) is 7.71. The molecular weight excluding hydrogens is 264 g/mol. The summed E-state index contributed by atoms with van der Waals surface area (Å²) in [6.07, 6.45) is 1.90. The molecule has 110 valence electrons. The van der Waals surface area contributed by atoms with Crippen LogP contribution in [0.4, 0.5) is 0 Å². The lowest BCUT2D eigenvalue weighted by Crippen LogP contribution is -2.43. The number of thioether (sulfide) groups is 1. The molecule has 0 radical (unpaired) electrons. The molecule has 3 heteroatoms. The van der Waals surface area contributed by atoms with Gasteiger partial charge in [-0.1, -0.05) is 31.5 Å². The van der Waals surface area contributed by atoms with Crippen molar-refractivity contribution in [3.05, 3.63) is 29.3 Å². The summed E-state index contributed by atoms with van der Waals surface area (Å²) in [7, 11) is 0. The molecule has 0 saturated heterocycles. The zero-order chi connectivity index (χ0) is 15.2. The van der Waals surface area contributed by atoms with Gasteiger partial charge < -0.3 is 0 Å². The Balaban J connectivity index is 2.69. The second-order valence-corrected chi connectivity index (χ2v) is 7.25. The van der Waals surface area contributed by atoms with Gasteiger partial charge in [-0.15, -0.1) is 11.8 Å². The number of benzene rings is 1. The summed E-state index contributed by atoms with van der Waals surface area (Å²) in [6.45, 7) is 11.5. The highest BCUT2D eigenvalue weighted by Crippen LogP contribution is 2.31. The number of nitriles is 1. The van der Waals surface area contributed by atoms with Gasteiger partial charge in [0.15, 0.2) is 0 Å². The standard InChI is InChI=1S/C17H26N2S/c1-6-9-19-17(5,12-18)11-15(4)20-16-10-13(2)7-8-14(16)3/h7-8,10,15,19H,6,9,11H2,1-5H3. The smallest absolute Gasteiger partial charge is 0.104 e. The van der Waals surface area contributed by atoms with E-state index in [-0.39, 0.29) is 0 Å². The van der Waals surface area contributed by atoms with E-state index >= 15 is 0 Å². The Morgan fingerprint density at radius 1 is 1.40 bits per heavy atom. The molecule has 2 unspecified atom stereocenters. The number of hydrogen-bond donors (Lipinski definition) is 1. The van der Waals surface area contributed by atoms with Crippen molar-refractivity contribution in [1.82, 2.24) is 5.32 Å². The largest absolute Gasteiger partial charge is 0.300 e. The van der Waals surface area contributed by atoms with Crippen molar-refractivity contribution in [3.63, 3.8) is 0 Å². The van der Waals surface area contributed by atoms with Crippen LogP contribution in [0.15, 0.2) is 23.1 Å². The van der Waals surface area contributed by atoms with Gasteiger partial charge in [-0.3, -0.25) is 5.32 Å². The van der Waals surface area contributed by atoms with E-state index in [1.807, 2.05) is 18.7 Å². The van der Waals surface area contributed by atoms with Crippen molar-refractivity contribution < 1.29 is 0 Å². The number of nitrogens with zero attached hydrogens (tertiary/aromatic N) is 1. The summed E-state index contributed by atoms with van der Waals surface area (Å²) >= 11 is 1.87. The Morgan fingerprint density at radius 3 is 2.70 bits per heavy atom. The minimum atomic E-state index is -0.430. The lowest BCUT2D eigenvalue weighted by Gasteiger charge is -2.26. The first-order chi connectivity index (χ1) is 9.40. The number of hydrogen-bond acceptors (Lipinski definition) is 3. The summed E-state index contributed by atoms with van der Waals surface area (Å²) in [5, 5.41) is 13.2. The first kappa shape index (κ1) is 17.1. The molecule has 0 heterocycles. The molecule has 0 spiro atoms. The summed E-state index contributed by atoms with van der Waals surface area (Å²) in [6, 6.07) is 8.98. The van der Waals surface area contributed by atoms with Gasteiger partial charge in [-0.25, -0.2) is 0 Å². The fourth-order valence-electron chi connectivity index (χ4n) is 2.23. The molecule has 1 rings (SSSR count). The second-order valence-electron chi connectivity index (χ2n) is 5.77. The molecule has 0 aliphatic heterocycles. The van der Waals surface area contributed by atoms with Crippen LogP contribution in [0.2, 0.25) is 0 Å². The molecule has 0 bridgehead atoms. The minimum Gasteiger partial charge on any atom is -0.300 e. The predicted molar refractivity (Wildman–Crippen MR) is 88.2 cm³/mol. The molecule has 2 nitrogen and oxygen atoms in total. The average Bonchev–Trinajstić information content (AvgIpc) is 2.40. The van der Waals surface area contributed by atoms with Gasteiger partial charge in [0.1, 0.15) is 5.54 Å². The quantitative estimate of drug-likeness (QED) is 0.753. The summed E-state index contributed by atoms with van der Waals surface area (Å²) in [4.78, 5) is 1.33. The highest BCUT2D eigenvalue weighted by atomic mass is 32.2. The van der Waals surface area contributed by atoms with Gasteiger partial charge in [-0.05, 0) is 51.8 Å². The summed E-state index contributed by atoms with van der Waals surface area (Å²) < 4.78 is 0. The Hall–Kier alpha value is -0.980. The fraction of sp³-hybridized carbons (Fsp3) is 0.588. The molecule has 1 N–H and O–H groups in total. The topological polar surface area (TPSA) is 35.8 Å². The first-order valence-electron chi connectivity index (χ1n) is 7.30. The van der Waals surface area contributed by atoms with Crippen molar-refractivity contribution >= 4 is 11.8 Å². The van der Waals surface area contributed by atoms with Crippen molar-refractivity contribution in [3.8, 4) is 6.07 Å². The SMILES string of the molecule is CCCNC(C)(C#N)CC(C)Sc1cc(C)ccc1C. The van der Waals surface area contributed by atoms with Crippen molar-refractivity contribution in [1.29, 1.82) is 5.26 Å². The van der Waals surface area contributed by atoms with E-state index in [1.54, 1.807) is 0 Å². The van der Waals surface area contributed by atoms with Gasteiger partial charge in [-0.2, -0.15) is 5.26 Å². The number of nitrogens with one attached hydrogen (secondary N) is 1. The van der Waals surface area contributed by atoms with Crippen LogP contribution in [-0.2, 0) is 0 Å². The maximum absolute atomic E-state index is 9.40. The highest BCUT2D eigenvalue weighted by Gasteiger charge is 2.26. The normalized spacial score (nSPS) is 15.4. The van der Waals surface area contributed by atoms with Crippen LogP contribution in [0.25, 0.3) is 0 Å². The van der Waals surface area contributed by atoms with Crippen molar-refractivity contribution in [2.45, 2.75) is 63.1 Å². The maximum atomic E-state index is 9.40. The van der Waals surface area contributed by atoms with Crippen LogP contribution in [0.1, 0.15) is 44.7 Å². The molecule has 0 aliphatic carbocycles. The van der Waals surface area contributed by atoms with E-state index in [0.29, 0.717) is 5.25 Å². The third-order valence-corrected chi connectivity index (χ3v) is 4.64. The van der Waals surface area contributed by atoms with Crippen LogP contribution in [-0.4, -0.2) is 17.3 Å². The number of rotatable bonds is 7. The Bertz CT molecular complexity index is 478. The van der Waals surface area contributed by atoms with Crippen LogP contribution < -0.4 is 5.32 Å². The Kier molecular flexibility index (Phi) is 6.58. The zero-order valence-electron chi connectivity index (χ0n) is 13.3. The van der Waals surface area contributed by atoms with E-state index in [2.05, 4.69) is 57.3 Å². The van der Waals surface area contributed by atoms with Crippen molar-refractivity contribution in [2.75, 3.05) is 6.54 Å². The van der Waals surface area contributed by atoms with Gasteiger partial charge >= 0.3 is 0 Å². The first-order valence-corrected chi connectivity index (χ1v) is 8.18. The lowest BCUT2D eigenvalue weighted by molar-refractivity contribution is 0.418. The van der Waals surface area contributed by atoms with Gasteiger partial charge in [0.05, 0.1) is 6.07 Å². The summed E-state index contributed by atoms with van der Waals surface area (Å²) in [5.74, 6) is 0. The van der Waals surface area contributed by atoms with Gasteiger partial charge in [0.2, 0.25) is 0 Å². The Morgan fingerprint density at radius 2 is 2.10 bits per heavy atom. The third kappa shape index (κ3) is 5.19. The van der Waals surface area contributed by atoms with E-state index in [1.165, 1.54) is 16.0 Å². The van der Waals surface area contributed by atoms with E-state index in [4.69, 9.17) is 0 Å². The average molecular weight is 290 g/mol. The van der Waals surface area contributed by atoms with E-state index in [0.717, 1.165) is 19.4 Å². The number of aryl methyl sites for hydroxylation is 2. The monoisotopic (exact) mass is 290 g/mol. The van der Waals surface area contributed by atoms with Gasteiger partial charge in [0, 0.05) is 10.1 Å². The fourth-order valence-corrected chi connectivity index (χ4v) is 3.58. The molecule has 0 amide bonds. The van der Waals surface area contributed by atoms with Crippen LogP contribution >= 0.6 is 11.8 Å². The van der Waals surface area contributed by atoms with Crippen LogP contribution in [0.5, 0.6) is 0 Å². The van der Waals surface area contributed by atoms with Gasteiger partial charge in [0.25, 0.3) is 0 Å². The molecule has 1 aromatic carbocycles. The molecule has 0 aromatic heterocycles. The lowest BCUT2D eigenvalue weighted by atomic mass is 9.98.